The van der Waals surface area contributed by atoms with Crippen LogP contribution in [-0.4, -0.2) is 27.3 Å². The van der Waals surface area contributed by atoms with Crippen LogP contribution < -0.4 is 14.8 Å². The molecule has 0 aliphatic carbocycles. The van der Waals surface area contributed by atoms with E-state index in [0.29, 0.717) is 5.92 Å². The summed E-state index contributed by atoms with van der Waals surface area (Å²) in [5.41, 5.74) is 2.58. The Balaban J connectivity index is 2.53. The summed E-state index contributed by atoms with van der Waals surface area (Å²) >= 11 is 0. The molecule has 1 N–H and O–H groups in total. The van der Waals surface area contributed by atoms with Crippen molar-refractivity contribution in [2.75, 3.05) is 27.3 Å². The van der Waals surface area contributed by atoms with Crippen molar-refractivity contribution in [3.05, 3.63) is 23.3 Å². The zero-order valence-electron chi connectivity index (χ0n) is 13.4. The van der Waals surface area contributed by atoms with Crippen LogP contribution >= 0.6 is 0 Å². The van der Waals surface area contributed by atoms with E-state index in [1.54, 1.807) is 14.2 Å². The Labute approximate surface area is 122 Å². The van der Waals surface area contributed by atoms with Crippen molar-refractivity contribution in [1.82, 2.24) is 5.32 Å². The van der Waals surface area contributed by atoms with Gasteiger partial charge in [-0.25, -0.2) is 0 Å². The van der Waals surface area contributed by atoms with E-state index in [-0.39, 0.29) is 5.41 Å². The molecule has 1 aromatic carbocycles. The van der Waals surface area contributed by atoms with Crippen LogP contribution in [0, 0.1) is 0 Å². The summed E-state index contributed by atoms with van der Waals surface area (Å²) in [6, 6.07) is 4.27. The third-order valence-electron chi connectivity index (χ3n) is 4.12. The van der Waals surface area contributed by atoms with Crippen molar-refractivity contribution in [1.29, 1.82) is 0 Å². The number of nitrogens with one attached hydrogen (secondary N) is 1. The first-order chi connectivity index (χ1) is 9.47. The maximum atomic E-state index is 5.78. The molecule has 1 fully saturated rings. The van der Waals surface area contributed by atoms with Crippen molar-refractivity contribution < 1.29 is 9.47 Å². The van der Waals surface area contributed by atoms with E-state index >= 15 is 0 Å². The molecule has 3 nitrogen and oxygen atoms in total. The number of rotatable bonds is 3. The molecule has 1 heterocycles. The standard InChI is InChI=1S/C17H27NO2/c1-17(2,3)15-11-13(19-4)10-14(16(15)20-5)12-6-8-18-9-7-12/h10-12,18H,6-9H2,1-5H3. The van der Waals surface area contributed by atoms with Gasteiger partial charge in [0.05, 0.1) is 14.2 Å². The molecule has 0 bridgehead atoms. The summed E-state index contributed by atoms with van der Waals surface area (Å²) in [5, 5.41) is 3.42. The quantitative estimate of drug-likeness (QED) is 0.917. The molecule has 1 aliphatic heterocycles. The highest BCUT2D eigenvalue weighted by atomic mass is 16.5. The second kappa shape index (κ2) is 6.04. The van der Waals surface area contributed by atoms with Gasteiger partial charge in [0.25, 0.3) is 0 Å². The van der Waals surface area contributed by atoms with Crippen LogP contribution in [0.5, 0.6) is 11.5 Å². The van der Waals surface area contributed by atoms with Gasteiger partial charge in [-0.3, -0.25) is 0 Å². The van der Waals surface area contributed by atoms with Crippen LogP contribution in [0.1, 0.15) is 50.7 Å². The molecule has 0 saturated carbocycles. The zero-order chi connectivity index (χ0) is 14.8. The van der Waals surface area contributed by atoms with Crippen LogP contribution in [0.3, 0.4) is 0 Å². The average molecular weight is 277 g/mol. The van der Waals surface area contributed by atoms with Gasteiger partial charge < -0.3 is 14.8 Å². The van der Waals surface area contributed by atoms with Crippen molar-refractivity contribution in [3.63, 3.8) is 0 Å². The monoisotopic (exact) mass is 277 g/mol. The SMILES string of the molecule is COc1cc(C2CCNCC2)c(OC)c(C(C)(C)C)c1. The number of hydrogen-bond acceptors (Lipinski definition) is 3. The third-order valence-corrected chi connectivity index (χ3v) is 4.12. The van der Waals surface area contributed by atoms with Gasteiger partial charge in [0.1, 0.15) is 11.5 Å². The van der Waals surface area contributed by atoms with Crippen LogP contribution in [0.4, 0.5) is 0 Å². The van der Waals surface area contributed by atoms with Crippen LogP contribution in [0.25, 0.3) is 0 Å². The average Bonchev–Trinajstić information content (AvgIpc) is 2.45. The summed E-state index contributed by atoms with van der Waals surface area (Å²) < 4.78 is 11.3. The summed E-state index contributed by atoms with van der Waals surface area (Å²) in [4.78, 5) is 0. The molecule has 2 rings (SSSR count). The molecular weight excluding hydrogens is 250 g/mol. The lowest BCUT2D eigenvalue weighted by Gasteiger charge is -2.29. The molecule has 20 heavy (non-hydrogen) atoms. The molecular formula is C17H27NO2. The fourth-order valence-corrected chi connectivity index (χ4v) is 2.96. The van der Waals surface area contributed by atoms with Gasteiger partial charge in [-0.1, -0.05) is 20.8 Å². The van der Waals surface area contributed by atoms with E-state index in [2.05, 4.69) is 38.2 Å². The lowest BCUT2D eigenvalue weighted by molar-refractivity contribution is 0.369. The van der Waals surface area contributed by atoms with Gasteiger partial charge in [-0.2, -0.15) is 0 Å². The zero-order valence-corrected chi connectivity index (χ0v) is 13.4. The van der Waals surface area contributed by atoms with E-state index in [4.69, 9.17) is 9.47 Å². The predicted molar refractivity (Wildman–Crippen MR) is 83.1 cm³/mol. The summed E-state index contributed by atoms with van der Waals surface area (Å²) in [6.45, 7) is 8.81. The van der Waals surface area contributed by atoms with Gasteiger partial charge in [-0.15, -0.1) is 0 Å². The Bertz CT molecular complexity index is 457. The summed E-state index contributed by atoms with van der Waals surface area (Å²) in [7, 11) is 3.52. The van der Waals surface area contributed by atoms with Crippen molar-refractivity contribution in [2.45, 2.75) is 44.9 Å². The Morgan fingerprint density at radius 2 is 1.70 bits per heavy atom. The fourth-order valence-electron chi connectivity index (χ4n) is 2.96. The summed E-state index contributed by atoms with van der Waals surface area (Å²) in [5.74, 6) is 2.54. The minimum atomic E-state index is 0.0432. The normalized spacial score (nSPS) is 17.1. The molecule has 3 heteroatoms. The highest BCUT2D eigenvalue weighted by Gasteiger charge is 2.27. The molecule has 1 saturated heterocycles. The fraction of sp³-hybridized carbons (Fsp3) is 0.647. The number of benzene rings is 1. The highest BCUT2D eigenvalue weighted by molar-refractivity contribution is 5.51. The topological polar surface area (TPSA) is 30.5 Å². The molecule has 1 aliphatic rings. The second-order valence-electron chi connectivity index (χ2n) is 6.57. The van der Waals surface area contributed by atoms with Gasteiger partial charge in [-0.05, 0) is 49.4 Å². The maximum absolute atomic E-state index is 5.78. The number of hydrogen-bond donors (Lipinski definition) is 1. The molecule has 0 spiro atoms. The minimum Gasteiger partial charge on any atom is -0.497 e. The minimum absolute atomic E-state index is 0.0432. The van der Waals surface area contributed by atoms with E-state index < -0.39 is 0 Å². The number of methoxy groups -OCH3 is 2. The van der Waals surface area contributed by atoms with Gasteiger partial charge in [0, 0.05) is 11.1 Å². The molecule has 112 valence electrons. The Hall–Kier alpha value is -1.22. The largest absolute Gasteiger partial charge is 0.497 e. The van der Waals surface area contributed by atoms with Crippen molar-refractivity contribution in [2.24, 2.45) is 0 Å². The maximum Gasteiger partial charge on any atom is 0.126 e. The Kier molecular flexibility index (Phi) is 4.59. The lowest BCUT2D eigenvalue weighted by atomic mass is 9.81. The third kappa shape index (κ3) is 3.09. The first kappa shape index (κ1) is 15.2. The van der Waals surface area contributed by atoms with Crippen LogP contribution in [0.2, 0.25) is 0 Å². The van der Waals surface area contributed by atoms with E-state index in [1.165, 1.54) is 11.1 Å². The van der Waals surface area contributed by atoms with Crippen molar-refractivity contribution in [3.8, 4) is 11.5 Å². The second-order valence-corrected chi connectivity index (χ2v) is 6.57. The van der Waals surface area contributed by atoms with E-state index in [0.717, 1.165) is 37.4 Å². The molecule has 0 atom stereocenters. The van der Waals surface area contributed by atoms with Gasteiger partial charge in [0.2, 0.25) is 0 Å². The molecule has 0 amide bonds. The van der Waals surface area contributed by atoms with Crippen LogP contribution in [0.15, 0.2) is 12.1 Å². The number of ether oxygens (including phenoxy) is 2. The first-order valence-corrected chi connectivity index (χ1v) is 7.44. The molecule has 0 unspecified atom stereocenters. The Morgan fingerprint density at radius 1 is 1.05 bits per heavy atom. The van der Waals surface area contributed by atoms with Gasteiger partial charge in [0.15, 0.2) is 0 Å². The van der Waals surface area contributed by atoms with E-state index in [9.17, 15) is 0 Å². The van der Waals surface area contributed by atoms with Gasteiger partial charge >= 0.3 is 0 Å². The predicted octanol–water partition coefficient (Wildman–Crippen LogP) is 3.47. The van der Waals surface area contributed by atoms with Crippen molar-refractivity contribution >= 4 is 0 Å². The molecule has 1 aromatic rings. The number of piperidine rings is 1. The lowest BCUT2D eigenvalue weighted by Crippen LogP contribution is -2.27. The Morgan fingerprint density at radius 3 is 2.20 bits per heavy atom. The smallest absolute Gasteiger partial charge is 0.126 e. The molecule has 0 radical (unpaired) electrons. The summed E-state index contributed by atoms with van der Waals surface area (Å²) in [6.07, 6.45) is 2.32. The van der Waals surface area contributed by atoms with Crippen LogP contribution in [-0.2, 0) is 5.41 Å². The highest BCUT2D eigenvalue weighted by Crippen LogP contribution is 2.42. The molecule has 0 aromatic heterocycles. The first-order valence-electron chi connectivity index (χ1n) is 7.44. The van der Waals surface area contributed by atoms with E-state index in [1.807, 2.05) is 0 Å².